The average Bonchev–Trinajstić information content (AvgIpc) is 2.48. The highest BCUT2D eigenvalue weighted by Gasteiger charge is 2.14. The van der Waals surface area contributed by atoms with E-state index in [1.54, 1.807) is 6.07 Å². The summed E-state index contributed by atoms with van der Waals surface area (Å²) in [5.74, 6) is -0.193. The van der Waals surface area contributed by atoms with E-state index in [1.807, 2.05) is 24.9 Å². The molecule has 0 aliphatic carbocycles. The molecular weight excluding hydrogens is 263 g/mol. The van der Waals surface area contributed by atoms with Crippen molar-refractivity contribution in [2.45, 2.75) is 32.7 Å². The summed E-state index contributed by atoms with van der Waals surface area (Å²) in [7, 11) is 1.96. The monoisotopic (exact) mass is 286 g/mol. The molecule has 0 aliphatic rings. The van der Waals surface area contributed by atoms with Crippen molar-refractivity contribution in [3.05, 3.63) is 59.4 Å². The van der Waals surface area contributed by atoms with E-state index in [-0.39, 0.29) is 11.9 Å². The van der Waals surface area contributed by atoms with Crippen LogP contribution in [0.2, 0.25) is 0 Å². The fourth-order valence-electron chi connectivity index (χ4n) is 2.48. The Labute approximate surface area is 126 Å². The molecule has 3 heteroatoms. The largest absolute Gasteiger partial charge is 0.344 e. The first-order valence-corrected chi connectivity index (χ1v) is 7.38. The predicted octanol–water partition coefficient (Wildman–Crippen LogP) is 4.05. The highest BCUT2D eigenvalue weighted by Crippen LogP contribution is 2.29. The standard InChI is InChI=1S/C18H23FN2/c1-4-14-8-10-15(11-9-14)21(3)18-7-5-6-17(19)16(18)12-13(2)20/h5-11,13H,4,12,20H2,1-3H3. The van der Waals surface area contributed by atoms with Gasteiger partial charge in [0.2, 0.25) is 0 Å². The lowest BCUT2D eigenvalue weighted by atomic mass is 10.0. The van der Waals surface area contributed by atoms with Crippen LogP contribution < -0.4 is 10.6 Å². The molecule has 112 valence electrons. The molecule has 2 aromatic carbocycles. The van der Waals surface area contributed by atoms with Crippen molar-refractivity contribution in [1.29, 1.82) is 0 Å². The molecule has 2 rings (SSSR count). The van der Waals surface area contributed by atoms with Gasteiger partial charge in [0.25, 0.3) is 0 Å². The number of anilines is 2. The third-order valence-corrected chi connectivity index (χ3v) is 3.71. The summed E-state index contributed by atoms with van der Waals surface area (Å²) in [4.78, 5) is 2.01. The minimum Gasteiger partial charge on any atom is -0.344 e. The van der Waals surface area contributed by atoms with Crippen LogP contribution in [0, 0.1) is 5.82 Å². The normalized spacial score (nSPS) is 12.2. The van der Waals surface area contributed by atoms with Crippen LogP contribution in [0.15, 0.2) is 42.5 Å². The molecule has 2 aromatic rings. The molecule has 0 fully saturated rings. The first kappa shape index (κ1) is 15.5. The van der Waals surface area contributed by atoms with Gasteiger partial charge in [-0.3, -0.25) is 0 Å². The van der Waals surface area contributed by atoms with E-state index in [2.05, 4.69) is 31.2 Å². The molecule has 0 heterocycles. The van der Waals surface area contributed by atoms with Crippen molar-refractivity contribution in [2.24, 2.45) is 5.73 Å². The number of hydrogen-bond donors (Lipinski definition) is 1. The number of aryl methyl sites for hydroxylation is 1. The van der Waals surface area contributed by atoms with Crippen LogP contribution >= 0.6 is 0 Å². The smallest absolute Gasteiger partial charge is 0.128 e. The van der Waals surface area contributed by atoms with Crippen molar-refractivity contribution >= 4 is 11.4 Å². The molecule has 0 aliphatic heterocycles. The number of nitrogens with zero attached hydrogens (tertiary/aromatic N) is 1. The molecule has 2 nitrogen and oxygen atoms in total. The van der Waals surface area contributed by atoms with E-state index in [4.69, 9.17) is 5.73 Å². The molecule has 1 unspecified atom stereocenters. The number of benzene rings is 2. The number of nitrogens with two attached hydrogens (primary N) is 1. The molecule has 0 saturated heterocycles. The van der Waals surface area contributed by atoms with E-state index < -0.39 is 0 Å². The van der Waals surface area contributed by atoms with E-state index in [1.165, 1.54) is 11.6 Å². The van der Waals surface area contributed by atoms with Crippen molar-refractivity contribution < 1.29 is 4.39 Å². The van der Waals surface area contributed by atoms with E-state index in [0.29, 0.717) is 12.0 Å². The number of rotatable bonds is 5. The zero-order chi connectivity index (χ0) is 15.4. The van der Waals surface area contributed by atoms with Crippen LogP contribution in [0.1, 0.15) is 25.0 Å². The fraction of sp³-hybridized carbons (Fsp3) is 0.333. The van der Waals surface area contributed by atoms with Gasteiger partial charge in [-0.25, -0.2) is 4.39 Å². The third kappa shape index (κ3) is 3.61. The maximum Gasteiger partial charge on any atom is 0.128 e. The van der Waals surface area contributed by atoms with Crippen LogP contribution in [-0.2, 0) is 12.8 Å². The summed E-state index contributed by atoms with van der Waals surface area (Å²) >= 11 is 0. The molecule has 1 atom stereocenters. The molecule has 0 saturated carbocycles. The Kier molecular flexibility index (Phi) is 4.97. The Hall–Kier alpha value is -1.87. The molecule has 0 amide bonds. The van der Waals surface area contributed by atoms with Crippen molar-refractivity contribution in [3.8, 4) is 0 Å². The predicted molar refractivity (Wildman–Crippen MR) is 87.6 cm³/mol. The Morgan fingerprint density at radius 3 is 2.38 bits per heavy atom. The average molecular weight is 286 g/mol. The van der Waals surface area contributed by atoms with Gasteiger partial charge in [0.1, 0.15) is 5.82 Å². The molecule has 2 N–H and O–H groups in total. The lowest BCUT2D eigenvalue weighted by Crippen LogP contribution is -2.21. The Morgan fingerprint density at radius 2 is 1.81 bits per heavy atom. The van der Waals surface area contributed by atoms with Crippen molar-refractivity contribution in [1.82, 2.24) is 0 Å². The third-order valence-electron chi connectivity index (χ3n) is 3.71. The fourth-order valence-corrected chi connectivity index (χ4v) is 2.48. The minimum absolute atomic E-state index is 0.0727. The second-order valence-electron chi connectivity index (χ2n) is 5.50. The van der Waals surface area contributed by atoms with Gasteiger partial charge in [0.15, 0.2) is 0 Å². The maximum atomic E-state index is 14.1. The zero-order valence-electron chi connectivity index (χ0n) is 12.9. The lowest BCUT2D eigenvalue weighted by Gasteiger charge is -2.24. The van der Waals surface area contributed by atoms with Crippen LogP contribution in [-0.4, -0.2) is 13.1 Å². The molecule has 0 aromatic heterocycles. The zero-order valence-corrected chi connectivity index (χ0v) is 12.9. The Bertz CT molecular complexity index is 591. The highest BCUT2D eigenvalue weighted by atomic mass is 19.1. The van der Waals surface area contributed by atoms with Crippen LogP contribution in [0.25, 0.3) is 0 Å². The van der Waals surface area contributed by atoms with Gasteiger partial charge in [0.05, 0.1) is 0 Å². The molecule has 0 spiro atoms. The molecule has 0 radical (unpaired) electrons. The van der Waals surface area contributed by atoms with Gasteiger partial charge >= 0.3 is 0 Å². The second-order valence-corrected chi connectivity index (χ2v) is 5.50. The topological polar surface area (TPSA) is 29.3 Å². The van der Waals surface area contributed by atoms with Gasteiger partial charge in [-0.2, -0.15) is 0 Å². The number of hydrogen-bond acceptors (Lipinski definition) is 2. The Morgan fingerprint density at radius 1 is 1.14 bits per heavy atom. The molecule has 21 heavy (non-hydrogen) atoms. The summed E-state index contributed by atoms with van der Waals surface area (Å²) in [5, 5.41) is 0. The van der Waals surface area contributed by atoms with Crippen molar-refractivity contribution in [2.75, 3.05) is 11.9 Å². The second kappa shape index (κ2) is 6.72. The van der Waals surface area contributed by atoms with E-state index in [9.17, 15) is 4.39 Å². The van der Waals surface area contributed by atoms with Crippen LogP contribution in [0.3, 0.4) is 0 Å². The number of halogens is 1. The summed E-state index contributed by atoms with van der Waals surface area (Å²) in [5.41, 5.74) is 9.74. The lowest BCUT2D eigenvalue weighted by molar-refractivity contribution is 0.596. The SMILES string of the molecule is CCc1ccc(N(C)c2cccc(F)c2CC(C)N)cc1. The van der Waals surface area contributed by atoms with Crippen LogP contribution in [0.5, 0.6) is 0 Å². The van der Waals surface area contributed by atoms with Gasteiger partial charge in [0, 0.05) is 30.0 Å². The molecular formula is C18H23FN2. The Balaban J connectivity index is 2.37. The maximum absolute atomic E-state index is 14.1. The van der Waals surface area contributed by atoms with Gasteiger partial charge < -0.3 is 10.6 Å². The van der Waals surface area contributed by atoms with Gasteiger partial charge in [-0.05, 0) is 49.6 Å². The summed E-state index contributed by atoms with van der Waals surface area (Å²) in [6, 6.07) is 13.5. The summed E-state index contributed by atoms with van der Waals surface area (Å²) in [6.07, 6.45) is 1.54. The van der Waals surface area contributed by atoms with Crippen molar-refractivity contribution in [3.63, 3.8) is 0 Å². The van der Waals surface area contributed by atoms with Gasteiger partial charge in [-0.15, -0.1) is 0 Å². The first-order chi connectivity index (χ1) is 10.0. The van der Waals surface area contributed by atoms with Gasteiger partial charge in [-0.1, -0.05) is 25.1 Å². The first-order valence-electron chi connectivity index (χ1n) is 7.38. The quantitative estimate of drug-likeness (QED) is 0.898. The van der Waals surface area contributed by atoms with E-state index >= 15 is 0 Å². The minimum atomic E-state index is -0.193. The molecule has 0 bridgehead atoms. The van der Waals surface area contributed by atoms with Crippen LogP contribution in [0.4, 0.5) is 15.8 Å². The summed E-state index contributed by atoms with van der Waals surface area (Å²) in [6.45, 7) is 4.03. The summed E-state index contributed by atoms with van der Waals surface area (Å²) < 4.78 is 14.1. The highest BCUT2D eigenvalue weighted by molar-refractivity contribution is 5.66. The van der Waals surface area contributed by atoms with E-state index in [0.717, 1.165) is 17.8 Å².